The highest BCUT2D eigenvalue weighted by atomic mass is 16.5. The maximum atomic E-state index is 11.6. The van der Waals surface area contributed by atoms with Gasteiger partial charge in [0.25, 0.3) is 5.91 Å². The van der Waals surface area contributed by atoms with E-state index >= 15 is 0 Å². The Kier molecular flexibility index (Phi) is 4.07. The van der Waals surface area contributed by atoms with Gasteiger partial charge in [0.1, 0.15) is 18.2 Å². The lowest BCUT2D eigenvalue weighted by Crippen LogP contribution is -2.11. The summed E-state index contributed by atoms with van der Waals surface area (Å²) in [5, 5.41) is 0. The fourth-order valence-corrected chi connectivity index (χ4v) is 2.77. The van der Waals surface area contributed by atoms with E-state index in [1.165, 1.54) is 6.20 Å². The normalized spacial score (nSPS) is 10.8. The molecule has 3 N–H and O–H groups in total. The summed E-state index contributed by atoms with van der Waals surface area (Å²) in [6.07, 6.45) is 1.52. The first-order valence-corrected chi connectivity index (χ1v) is 8.13. The van der Waals surface area contributed by atoms with E-state index in [2.05, 4.69) is 15.0 Å². The maximum Gasteiger partial charge on any atom is 0.251 e. The maximum absolute atomic E-state index is 11.6. The summed E-state index contributed by atoms with van der Waals surface area (Å²) in [5.41, 5.74) is 8.61. The number of aromatic amines is 1. The molecule has 2 heterocycles. The van der Waals surface area contributed by atoms with Gasteiger partial charge in [0, 0.05) is 6.20 Å². The van der Waals surface area contributed by atoms with Crippen LogP contribution in [0.3, 0.4) is 0 Å². The van der Waals surface area contributed by atoms with Crippen LogP contribution in [0, 0.1) is 0 Å². The lowest BCUT2D eigenvalue weighted by Gasteiger charge is -2.10. The molecule has 0 aliphatic heterocycles. The average molecular weight is 344 g/mol. The molecule has 0 atom stereocenters. The predicted octanol–water partition coefficient (Wildman–Crippen LogP) is 3.30. The molecule has 0 unspecified atom stereocenters. The summed E-state index contributed by atoms with van der Waals surface area (Å²) in [6.45, 7) is 0.447. The summed E-state index contributed by atoms with van der Waals surface area (Å²) in [6, 6.07) is 19.1. The molecule has 26 heavy (non-hydrogen) atoms. The number of benzene rings is 2. The highest BCUT2D eigenvalue weighted by Gasteiger charge is 2.15. The van der Waals surface area contributed by atoms with Crippen molar-refractivity contribution in [1.29, 1.82) is 0 Å². The lowest BCUT2D eigenvalue weighted by atomic mass is 10.2. The van der Waals surface area contributed by atoms with E-state index in [1.807, 2.05) is 54.6 Å². The minimum Gasteiger partial charge on any atom is -0.488 e. The SMILES string of the molecule is NC(=O)c1ccnc2nc(-c3ccccc3OCc3ccccc3)[nH]c12. The molecule has 6 heteroatoms. The average Bonchev–Trinajstić information content (AvgIpc) is 3.11. The Hall–Kier alpha value is -3.67. The zero-order valence-corrected chi connectivity index (χ0v) is 13.8. The van der Waals surface area contributed by atoms with Gasteiger partial charge in [0.15, 0.2) is 5.65 Å². The highest BCUT2D eigenvalue weighted by Crippen LogP contribution is 2.30. The van der Waals surface area contributed by atoms with Gasteiger partial charge < -0.3 is 15.5 Å². The van der Waals surface area contributed by atoms with E-state index in [1.54, 1.807) is 6.07 Å². The predicted molar refractivity (Wildman–Crippen MR) is 98.6 cm³/mol. The topological polar surface area (TPSA) is 93.9 Å². The van der Waals surface area contributed by atoms with E-state index in [4.69, 9.17) is 10.5 Å². The molecule has 0 aliphatic rings. The van der Waals surface area contributed by atoms with Crippen LogP contribution in [0.15, 0.2) is 66.9 Å². The number of ether oxygens (including phenoxy) is 1. The van der Waals surface area contributed by atoms with Crippen LogP contribution in [0.2, 0.25) is 0 Å². The number of nitrogens with two attached hydrogens (primary N) is 1. The Labute approximate surface area is 149 Å². The number of hydrogen-bond donors (Lipinski definition) is 2. The number of imidazole rings is 1. The molecule has 6 nitrogen and oxygen atoms in total. The number of fused-ring (bicyclic) bond motifs is 1. The van der Waals surface area contributed by atoms with Crippen molar-refractivity contribution in [3.05, 3.63) is 78.0 Å². The van der Waals surface area contributed by atoms with Gasteiger partial charge in [-0.1, -0.05) is 42.5 Å². The lowest BCUT2D eigenvalue weighted by molar-refractivity contribution is 0.100. The quantitative estimate of drug-likeness (QED) is 0.581. The molecule has 0 aliphatic carbocycles. The molecule has 4 rings (SSSR count). The first kappa shape index (κ1) is 15.8. The summed E-state index contributed by atoms with van der Waals surface area (Å²) in [4.78, 5) is 23.4. The van der Waals surface area contributed by atoms with Crippen LogP contribution < -0.4 is 10.5 Å². The number of hydrogen-bond acceptors (Lipinski definition) is 4. The van der Waals surface area contributed by atoms with E-state index in [-0.39, 0.29) is 0 Å². The molecule has 4 aromatic rings. The van der Waals surface area contributed by atoms with Gasteiger partial charge in [0.05, 0.1) is 16.6 Å². The largest absolute Gasteiger partial charge is 0.488 e. The van der Waals surface area contributed by atoms with Crippen LogP contribution in [-0.2, 0) is 6.61 Å². The summed E-state index contributed by atoms with van der Waals surface area (Å²) < 4.78 is 5.98. The minimum atomic E-state index is -0.527. The fraction of sp³-hybridized carbons (Fsp3) is 0.0500. The number of aromatic nitrogens is 3. The van der Waals surface area contributed by atoms with Gasteiger partial charge in [0.2, 0.25) is 0 Å². The van der Waals surface area contributed by atoms with Crippen molar-refractivity contribution in [3.63, 3.8) is 0 Å². The van der Waals surface area contributed by atoms with Crippen LogP contribution in [0.1, 0.15) is 15.9 Å². The summed E-state index contributed by atoms with van der Waals surface area (Å²) in [7, 11) is 0. The molecule has 0 saturated heterocycles. The van der Waals surface area contributed by atoms with Crippen LogP contribution in [0.25, 0.3) is 22.6 Å². The Morgan fingerprint density at radius 3 is 2.62 bits per heavy atom. The van der Waals surface area contributed by atoms with E-state index < -0.39 is 5.91 Å². The zero-order valence-electron chi connectivity index (χ0n) is 13.8. The number of carbonyl (C=O) groups excluding carboxylic acids is 1. The molecule has 0 radical (unpaired) electrons. The molecule has 2 aromatic carbocycles. The Bertz CT molecular complexity index is 1070. The van der Waals surface area contributed by atoms with Crippen LogP contribution >= 0.6 is 0 Å². The van der Waals surface area contributed by atoms with Gasteiger partial charge in [-0.05, 0) is 23.8 Å². The number of nitrogens with zero attached hydrogens (tertiary/aromatic N) is 2. The molecule has 0 fully saturated rings. The summed E-state index contributed by atoms with van der Waals surface area (Å²) in [5.74, 6) is 0.738. The van der Waals surface area contributed by atoms with Crippen molar-refractivity contribution in [3.8, 4) is 17.1 Å². The second-order valence-corrected chi connectivity index (χ2v) is 5.78. The number of para-hydroxylation sites is 1. The number of primary amides is 1. The van der Waals surface area contributed by atoms with Gasteiger partial charge >= 0.3 is 0 Å². The van der Waals surface area contributed by atoms with Crippen molar-refractivity contribution in [1.82, 2.24) is 15.0 Å². The van der Waals surface area contributed by atoms with Crippen molar-refractivity contribution in [2.24, 2.45) is 5.73 Å². The fourth-order valence-electron chi connectivity index (χ4n) is 2.77. The molecule has 0 bridgehead atoms. The van der Waals surface area contributed by atoms with Crippen LogP contribution in [-0.4, -0.2) is 20.9 Å². The van der Waals surface area contributed by atoms with Crippen molar-refractivity contribution >= 4 is 17.1 Å². The second kappa shape index (κ2) is 6.68. The molecule has 2 aromatic heterocycles. The molecular weight excluding hydrogens is 328 g/mol. The third kappa shape index (κ3) is 3.00. The van der Waals surface area contributed by atoms with Crippen molar-refractivity contribution in [2.75, 3.05) is 0 Å². The van der Waals surface area contributed by atoms with Gasteiger partial charge in [-0.3, -0.25) is 4.79 Å². The first-order chi connectivity index (χ1) is 12.7. The number of rotatable bonds is 5. The van der Waals surface area contributed by atoms with Crippen molar-refractivity contribution in [2.45, 2.75) is 6.61 Å². The van der Waals surface area contributed by atoms with E-state index in [9.17, 15) is 4.79 Å². The number of carbonyl (C=O) groups is 1. The molecule has 128 valence electrons. The number of H-pyrrole nitrogens is 1. The highest BCUT2D eigenvalue weighted by molar-refractivity contribution is 6.03. The van der Waals surface area contributed by atoms with Gasteiger partial charge in [-0.15, -0.1) is 0 Å². The zero-order chi connectivity index (χ0) is 17.9. The number of nitrogens with one attached hydrogen (secondary N) is 1. The van der Waals surface area contributed by atoms with Gasteiger partial charge in [-0.2, -0.15) is 0 Å². The first-order valence-electron chi connectivity index (χ1n) is 8.13. The molecule has 1 amide bonds. The second-order valence-electron chi connectivity index (χ2n) is 5.78. The van der Waals surface area contributed by atoms with Crippen molar-refractivity contribution < 1.29 is 9.53 Å². The Morgan fingerprint density at radius 1 is 1.04 bits per heavy atom. The van der Waals surface area contributed by atoms with Crippen LogP contribution in [0.5, 0.6) is 5.75 Å². The Morgan fingerprint density at radius 2 is 1.81 bits per heavy atom. The number of amides is 1. The molecule has 0 spiro atoms. The molecule has 0 saturated carbocycles. The molecular formula is C20H16N4O2. The third-order valence-electron chi connectivity index (χ3n) is 4.04. The van der Waals surface area contributed by atoms with E-state index in [0.717, 1.165) is 11.1 Å². The monoisotopic (exact) mass is 344 g/mol. The smallest absolute Gasteiger partial charge is 0.251 e. The standard InChI is InChI=1S/C20H16N4O2/c21-18(25)15-10-11-22-20-17(15)23-19(24-20)14-8-4-5-9-16(14)26-12-13-6-2-1-3-7-13/h1-11H,12H2,(H2,21,25)(H,22,23,24). The Balaban J connectivity index is 1.71. The van der Waals surface area contributed by atoms with Gasteiger partial charge in [-0.25, -0.2) is 9.97 Å². The summed E-state index contributed by atoms with van der Waals surface area (Å²) >= 11 is 0. The third-order valence-corrected chi connectivity index (χ3v) is 4.04. The number of pyridine rings is 1. The van der Waals surface area contributed by atoms with Crippen LogP contribution in [0.4, 0.5) is 0 Å². The minimum absolute atomic E-state index is 0.358. The van der Waals surface area contributed by atoms with E-state index in [0.29, 0.717) is 34.9 Å².